The maximum Gasteiger partial charge on any atom is 0.271 e. The molecule has 0 saturated carbocycles. The summed E-state index contributed by atoms with van der Waals surface area (Å²) in [5.41, 5.74) is 5.86. The Morgan fingerprint density at radius 3 is 2.35 bits per heavy atom. The molecule has 0 spiro atoms. The Morgan fingerprint density at radius 2 is 1.75 bits per heavy atom. The van der Waals surface area contributed by atoms with Crippen LogP contribution in [0.1, 0.15) is 0 Å². The van der Waals surface area contributed by atoms with Crippen molar-refractivity contribution in [3.8, 4) is 0 Å². The number of nitrogens with zero attached hydrogens (tertiary/aromatic N) is 1. The first-order valence-electron chi connectivity index (χ1n) is 5.51. The van der Waals surface area contributed by atoms with Gasteiger partial charge in [0.1, 0.15) is 0 Å². The Balaban J connectivity index is 2.31. The molecule has 2 aromatic carbocycles. The fourth-order valence-electron chi connectivity index (χ4n) is 1.54. The number of anilines is 2. The van der Waals surface area contributed by atoms with Crippen LogP contribution in [0, 0.1) is 10.1 Å². The third kappa shape index (κ3) is 3.04. The predicted octanol–water partition coefficient (Wildman–Crippen LogP) is 1.98. The summed E-state index contributed by atoms with van der Waals surface area (Å²) in [5.74, 6) is 0. The van der Waals surface area contributed by atoms with E-state index in [4.69, 9.17) is 5.73 Å². The molecule has 0 amide bonds. The van der Waals surface area contributed by atoms with Gasteiger partial charge >= 0.3 is 0 Å². The molecule has 0 atom stereocenters. The van der Waals surface area contributed by atoms with Gasteiger partial charge in [0.05, 0.1) is 15.5 Å². The number of non-ortho nitro benzene ring substituents is 1. The van der Waals surface area contributed by atoms with Crippen molar-refractivity contribution in [2.75, 3.05) is 10.5 Å². The second kappa shape index (κ2) is 5.17. The molecule has 3 N–H and O–H groups in total. The van der Waals surface area contributed by atoms with Crippen LogP contribution >= 0.6 is 0 Å². The van der Waals surface area contributed by atoms with Crippen molar-refractivity contribution < 1.29 is 13.3 Å². The number of nitrogens with two attached hydrogens (primary N) is 1. The monoisotopic (exact) mass is 293 g/mol. The van der Waals surface area contributed by atoms with Crippen LogP contribution in [0.25, 0.3) is 0 Å². The highest BCUT2D eigenvalue weighted by molar-refractivity contribution is 7.92. The molecule has 0 fully saturated rings. The van der Waals surface area contributed by atoms with E-state index < -0.39 is 14.9 Å². The van der Waals surface area contributed by atoms with Crippen molar-refractivity contribution in [3.05, 3.63) is 58.6 Å². The third-order valence-electron chi connectivity index (χ3n) is 2.50. The van der Waals surface area contributed by atoms with E-state index in [0.717, 1.165) is 6.07 Å². The van der Waals surface area contributed by atoms with E-state index in [1.807, 2.05) is 0 Å². The first-order chi connectivity index (χ1) is 9.38. The van der Waals surface area contributed by atoms with Crippen molar-refractivity contribution in [1.82, 2.24) is 0 Å². The van der Waals surface area contributed by atoms with Crippen molar-refractivity contribution in [3.63, 3.8) is 0 Å². The quantitative estimate of drug-likeness (QED) is 0.508. The molecular formula is C12H11N3O4S. The zero-order valence-corrected chi connectivity index (χ0v) is 11.0. The Bertz CT molecular complexity index is 742. The Labute approximate surface area is 115 Å². The normalized spacial score (nSPS) is 11.0. The van der Waals surface area contributed by atoms with Crippen molar-refractivity contribution in [2.45, 2.75) is 4.90 Å². The third-order valence-corrected chi connectivity index (χ3v) is 3.90. The average molecular weight is 293 g/mol. The van der Waals surface area contributed by atoms with Crippen LogP contribution in [0.4, 0.5) is 17.1 Å². The maximum absolute atomic E-state index is 12.1. The van der Waals surface area contributed by atoms with Gasteiger partial charge in [-0.15, -0.1) is 0 Å². The lowest BCUT2D eigenvalue weighted by atomic mass is 10.3. The second-order valence-electron chi connectivity index (χ2n) is 3.98. The van der Waals surface area contributed by atoms with Gasteiger partial charge in [-0.25, -0.2) is 8.42 Å². The summed E-state index contributed by atoms with van der Waals surface area (Å²) in [6.07, 6.45) is 0. The topological polar surface area (TPSA) is 115 Å². The summed E-state index contributed by atoms with van der Waals surface area (Å²) in [4.78, 5) is 10.1. The van der Waals surface area contributed by atoms with Crippen LogP contribution in [0.2, 0.25) is 0 Å². The smallest absolute Gasteiger partial charge is 0.271 e. The molecule has 0 aliphatic heterocycles. The van der Waals surface area contributed by atoms with Crippen LogP contribution < -0.4 is 10.5 Å². The number of rotatable bonds is 4. The zero-order valence-electron chi connectivity index (χ0n) is 10.2. The summed E-state index contributed by atoms with van der Waals surface area (Å²) >= 11 is 0. The molecular weight excluding hydrogens is 282 g/mol. The fraction of sp³-hybridized carbons (Fsp3) is 0. The number of hydrogen-bond donors (Lipinski definition) is 2. The Kier molecular flexibility index (Phi) is 3.57. The highest BCUT2D eigenvalue weighted by Crippen LogP contribution is 2.21. The Hall–Kier alpha value is -2.61. The van der Waals surface area contributed by atoms with Gasteiger partial charge in [-0.2, -0.15) is 0 Å². The number of nitro benzene ring substituents is 1. The molecule has 20 heavy (non-hydrogen) atoms. The maximum atomic E-state index is 12.1. The lowest BCUT2D eigenvalue weighted by Crippen LogP contribution is -2.13. The summed E-state index contributed by atoms with van der Waals surface area (Å²) in [5, 5.41) is 10.6. The van der Waals surface area contributed by atoms with Gasteiger partial charge in [0, 0.05) is 17.8 Å². The van der Waals surface area contributed by atoms with Gasteiger partial charge in [0.2, 0.25) is 0 Å². The van der Waals surface area contributed by atoms with E-state index >= 15 is 0 Å². The van der Waals surface area contributed by atoms with Gasteiger partial charge in [0.15, 0.2) is 0 Å². The minimum atomic E-state index is -3.80. The first-order valence-corrected chi connectivity index (χ1v) is 6.99. The molecule has 0 unspecified atom stereocenters. The summed E-state index contributed by atoms with van der Waals surface area (Å²) < 4.78 is 26.4. The number of nitrogen functional groups attached to an aromatic ring is 1. The van der Waals surface area contributed by atoms with E-state index in [0.29, 0.717) is 5.69 Å². The standard InChI is InChI=1S/C12H11N3O4S/c13-9-4-6-12(7-5-9)20(18,19)14-10-2-1-3-11(8-10)15(16)17/h1-8,14H,13H2. The number of hydrogen-bond acceptors (Lipinski definition) is 5. The molecule has 0 radical (unpaired) electrons. The Morgan fingerprint density at radius 1 is 1.10 bits per heavy atom. The van der Waals surface area contributed by atoms with Gasteiger partial charge in [-0.3, -0.25) is 14.8 Å². The minimum absolute atomic E-state index is 0.0261. The van der Waals surface area contributed by atoms with Crippen LogP contribution in [-0.2, 0) is 10.0 Å². The molecule has 7 nitrogen and oxygen atoms in total. The highest BCUT2D eigenvalue weighted by Gasteiger charge is 2.15. The van der Waals surface area contributed by atoms with Crippen LogP contribution in [0.15, 0.2) is 53.4 Å². The van der Waals surface area contributed by atoms with E-state index in [-0.39, 0.29) is 16.3 Å². The summed E-state index contributed by atoms with van der Waals surface area (Å²) in [6.45, 7) is 0. The highest BCUT2D eigenvalue weighted by atomic mass is 32.2. The second-order valence-corrected chi connectivity index (χ2v) is 5.66. The van der Waals surface area contributed by atoms with Crippen molar-refractivity contribution in [2.24, 2.45) is 0 Å². The minimum Gasteiger partial charge on any atom is -0.399 e. The molecule has 2 aromatic rings. The molecule has 8 heteroatoms. The molecule has 0 bridgehead atoms. The lowest BCUT2D eigenvalue weighted by molar-refractivity contribution is -0.384. The number of sulfonamides is 1. The fourth-order valence-corrected chi connectivity index (χ4v) is 2.59. The molecule has 0 heterocycles. The van der Waals surface area contributed by atoms with E-state index in [2.05, 4.69) is 4.72 Å². The summed E-state index contributed by atoms with van der Waals surface area (Å²) in [6, 6.07) is 10.9. The lowest BCUT2D eigenvalue weighted by Gasteiger charge is -2.08. The van der Waals surface area contributed by atoms with Gasteiger partial charge in [-0.1, -0.05) is 6.07 Å². The number of nitrogens with one attached hydrogen (secondary N) is 1. The van der Waals surface area contributed by atoms with Crippen molar-refractivity contribution >= 4 is 27.1 Å². The SMILES string of the molecule is Nc1ccc(S(=O)(=O)Nc2cccc([N+](=O)[O-])c2)cc1. The largest absolute Gasteiger partial charge is 0.399 e. The molecule has 0 aliphatic carbocycles. The van der Waals surface area contributed by atoms with Gasteiger partial charge < -0.3 is 5.73 Å². The molecule has 0 aromatic heterocycles. The van der Waals surface area contributed by atoms with Gasteiger partial charge in [-0.05, 0) is 30.3 Å². The summed E-state index contributed by atoms with van der Waals surface area (Å²) in [7, 11) is -3.80. The van der Waals surface area contributed by atoms with E-state index in [1.165, 1.54) is 42.5 Å². The van der Waals surface area contributed by atoms with Crippen LogP contribution in [-0.4, -0.2) is 13.3 Å². The zero-order chi connectivity index (χ0) is 14.8. The predicted molar refractivity (Wildman–Crippen MR) is 74.8 cm³/mol. The van der Waals surface area contributed by atoms with Gasteiger partial charge in [0.25, 0.3) is 15.7 Å². The van der Waals surface area contributed by atoms with Crippen molar-refractivity contribution in [1.29, 1.82) is 0 Å². The average Bonchev–Trinajstić information content (AvgIpc) is 2.39. The van der Waals surface area contributed by atoms with Crippen LogP contribution in [0.3, 0.4) is 0 Å². The molecule has 2 rings (SSSR count). The number of benzene rings is 2. The van der Waals surface area contributed by atoms with E-state index in [1.54, 1.807) is 0 Å². The van der Waals surface area contributed by atoms with E-state index in [9.17, 15) is 18.5 Å². The van der Waals surface area contributed by atoms with Crippen LogP contribution in [0.5, 0.6) is 0 Å². The number of nitro groups is 1. The molecule has 0 aliphatic rings. The first kappa shape index (κ1) is 13.8. The molecule has 0 saturated heterocycles. The molecule has 104 valence electrons.